The lowest BCUT2D eigenvalue weighted by atomic mass is 10.0. The van der Waals surface area contributed by atoms with Gasteiger partial charge in [0.1, 0.15) is 11.0 Å². The molecule has 108 valence electrons. The second kappa shape index (κ2) is 5.30. The van der Waals surface area contributed by atoms with Gasteiger partial charge < -0.3 is 0 Å². The quantitative estimate of drug-likeness (QED) is 0.816. The van der Waals surface area contributed by atoms with E-state index in [4.69, 9.17) is 11.6 Å². The monoisotopic (exact) mass is 293 g/mol. The fraction of sp³-hybridized carbons (Fsp3) is 0.643. The molecule has 1 fully saturated rings. The molecule has 0 bridgehead atoms. The van der Waals surface area contributed by atoms with Gasteiger partial charge in [-0.15, -0.1) is 0 Å². The van der Waals surface area contributed by atoms with Crippen LogP contribution in [0.3, 0.4) is 0 Å². The molecule has 2 aromatic heterocycles. The summed E-state index contributed by atoms with van der Waals surface area (Å²) in [5, 5.41) is 5.51. The van der Waals surface area contributed by atoms with Crippen molar-refractivity contribution in [3.8, 4) is 0 Å². The van der Waals surface area contributed by atoms with E-state index in [1.807, 2.05) is 7.05 Å². The Balaban J connectivity index is 1.89. The first-order chi connectivity index (χ1) is 9.56. The molecule has 0 spiro atoms. The Morgan fingerprint density at radius 3 is 2.95 bits per heavy atom. The molecule has 2 aromatic rings. The van der Waals surface area contributed by atoms with Crippen molar-refractivity contribution in [3.05, 3.63) is 17.2 Å². The summed E-state index contributed by atoms with van der Waals surface area (Å²) in [6.45, 7) is 6.44. The Labute approximate surface area is 124 Å². The fourth-order valence-corrected chi connectivity index (χ4v) is 3.32. The molecule has 5 nitrogen and oxygen atoms in total. The van der Waals surface area contributed by atoms with Crippen LogP contribution in [0.15, 0.2) is 6.20 Å². The smallest absolute Gasteiger partial charge is 0.162 e. The number of hydrogen-bond donors (Lipinski definition) is 0. The Hall–Kier alpha value is -1.20. The zero-order valence-electron chi connectivity index (χ0n) is 12.2. The number of rotatable bonds is 3. The molecule has 3 rings (SSSR count). The molecule has 0 N–H and O–H groups in total. The van der Waals surface area contributed by atoms with E-state index in [1.165, 1.54) is 12.8 Å². The van der Waals surface area contributed by atoms with Gasteiger partial charge in [-0.05, 0) is 25.3 Å². The van der Waals surface area contributed by atoms with Crippen LogP contribution in [0.1, 0.15) is 32.5 Å². The van der Waals surface area contributed by atoms with Gasteiger partial charge >= 0.3 is 0 Å². The molecule has 1 saturated heterocycles. The number of aryl methyl sites for hydroxylation is 1. The van der Waals surface area contributed by atoms with Crippen molar-refractivity contribution in [1.82, 2.24) is 24.6 Å². The maximum Gasteiger partial charge on any atom is 0.162 e. The largest absolute Gasteiger partial charge is 0.293 e. The first-order valence-electron chi connectivity index (χ1n) is 7.14. The van der Waals surface area contributed by atoms with Crippen LogP contribution >= 0.6 is 11.6 Å². The first-order valence-corrected chi connectivity index (χ1v) is 7.52. The summed E-state index contributed by atoms with van der Waals surface area (Å²) in [6, 6.07) is 0.625. The number of likely N-dealkylation sites (tertiary alicyclic amines) is 1. The molecule has 6 heteroatoms. The lowest BCUT2D eigenvalue weighted by Crippen LogP contribution is -2.33. The van der Waals surface area contributed by atoms with Crippen molar-refractivity contribution in [1.29, 1.82) is 0 Å². The molecule has 1 aliphatic rings. The van der Waals surface area contributed by atoms with E-state index in [0.717, 1.165) is 29.9 Å². The lowest BCUT2D eigenvalue weighted by molar-refractivity contribution is 0.194. The molecule has 0 saturated carbocycles. The van der Waals surface area contributed by atoms with E-state index in [9.17, 15) is 0 Å². The molecule has 0 amide bonds. The number of hydrogen-bond acceptors (Lipinski definition) is 4. The molecule has 0 aromatic carbocycles. The average Bonchev–Trinajstić information content (AvgIpc) is 2.98. The van der Waals surface area contributed by atoms with Gasteiger partial charge in [-0.2, -0.15) is 5.10 Å². The molecule has 0 aliphatic carbocycles. The van der Waals surface area contributed by atoms with E-state index in [0.29, 0.717) is 17.1 Å². The first kappa shape index (κ1) is 13.8. The van der Waals surface area contributed by atoms with Gasteiger partial charge in [-0.3, -0.25) is 9.58 Å². The fourth-order valence-electron chi connectivity index (χ4n) is 3.09. The van der Waals surface area contributed by atoms with Crippen molar-refractivity contribution >= 4 is 22.6 Å². The number of halogens is 1. The summed E-state index contributed by atoms with van der Waals surface area (Å²) >= 11 is 6.24. The van der Waals surface area contributed by atoms with Gasteiger partial charge in [0.25, 0.3) is 0 Å². The van der Waals surface area contributed by atoms with Gasteiger partial charge in [0.15, 0.2) is 5.65 Å². The minimum Gasteiger partial charge on any atom is -0.293 e. The van der Waals surface area contributed by atoms with Crippen LogP contribution in [-0.2, 0) is 13.6 Å². The SMILES string of the molecule is CC(C)C1CCCN1Cc1nc(Cl)c2cnn(C)c2n1. The molecule has 1 aliphatic heterocycles. The van der Waals surface area contributed by atoms with Gasteiger partial charge in [0.05, 0.1) is 18.1 Å². The third-order valence-electron chi connectivity index (χ3n) is 4.12. The Kier molecular flexibility index (Phi) is 3.65. The number of aromatic nitrogens is 4. The van der Waals surface area contributed by atoms with E-state index >= 15 is 0 Å². The van der Waals surface area contributed by atoms with Gasteiger partial charge in [-0.1, -0.05) is 25.4 Å². The predicted octanol–water partition coefficient (Wildman–Crippen LogP) is 2.64. The van der Waals surface area contributed by atoms with Crippen LogP contribution in [0.5, 0.6) is 0 Å². The summed E-state index contributed by atoms with van der Waals surface area (Å²) < 4.78 is 1.75. The minimum absolute atomic E-state index is 0.499. The van der Waals surface area contributed by atoms with Gasteiger partial charge in [-0.25, -0.2) is 9.97 Å². The Bertz CT molecular complexity index is 621. The van der Waals surface area contributed by atoms with Crippen LogP contribution < -0.4 is 0 Å². The van der Waals surface area contributed by atoms with Crippen molar-refractivity contribution < 1.29 is 0 Å². The molecular formula is C14H20ClN5. The topological polar surface area (TPSA) is 46.8 Å². The standard InChI is InChI=1S/C14H20ClN5/c1-9(2)11-5-4-6-20(11)8-12-17-13(15)10-7-16-19(3)14(10)18-12/h7,9,11H,4-6,8H2,1-3H3. The molecule has 3 heterocycles. The third-order valence-corrected chi connectivity index (χ3v) is 4.41. The third kappa shape index (κ3) is 2.40. The predicted molar refractivity (Wildman–Crippen MR) is 79.6 cm³/mol. The highest BCUT2D eigenvalue weighted by molar-refractivity contribution is 6.33. The molecule has 1 unspecified atom stereocenters. The average molecular weight is 294 g/mol. The number of fused-ring (bicyclic) bond motifs is 1. The maximum atomic E-state index is 6.24. The summed E-state index contributed by atoms with van der Waals surface area (Å²) in [6.07, 6.45) is 4.23. The highest BCUT2D eigenvalue weighted by atomic mass is 35.5. The van der Waals surface area contributed by atoms with E-state index in [-0.39, 0.29) is 0 Å². The van der Waals surface area contributed by atoms with Gasteiger partial charge in [0.2, 0.25) is 0 Å². The van der Waals surface area contributed by atoms with E-state index < -0.39 is 0 Å². The van der Waals surface area contributed by atoms with E-state index in [2.05, 4.69) is 33.8 Å². The van der Waals surface area contributed by atoms with Crippen LogP contribution in [-0.4, -0.2) is 37.2 Å². The summed E-state index contributed by atoms with van der Waals surface area (Å²) in [5.74, 6) is 1.45. The molecule has 20 heavy (non-hydrogen) atoms. The van der Waals surface area contributed by atoms with Crippen LogP contribution in [0.4, 0.5) is 0 Å². The molecular weight excluding hydrogens is 274 g/mol. The van der Waals surface area contributed by atoms with Crippen molar-refractivity contribution in [2.45, 2.75) is 39.3 Å². The van der Waals surface area contributed by atoms with Crippen LogP contribution in [0, 0.1) is 5.92 Å². The van der Waals surface area contributed by atoms with Gasteiger partial charge in [0, 0.05) is 13.1 Å². The Morgan fingerprint density at radius 1 is 1.40 bits per heavy atom. The highest BCUT2D eigenvalue weighted by Crippen LogP contribution is 2.26. The van der Waals surface area contributed by atoms with Crippen molar-refractivity contribution in [3.63, 3.8) is 0 Å². The molecule has 0 radical (unpaired) electrons. The van der Waals surface area contributed by atoms with Crippen molar-refractivity contribution in [2.24, 2.45) is 13.0 Å². The second-order valence-corrected chi connectivity index (χ2v) is 6.22. The summed E-state index contributed by atoms with van der Waals surface area (Å²) in [7, 11) is 1.88. The normalized spacial score (nSPS) is 20.4. The number of nitrogens with zero attached hydrogens (tertiary/aromatic N) is 5. The molecule has 1 atom stereocenters. The zero-order valence-corrected chi connectivity index (χ0v) is 12.9. The van der Waals surface area contributed by atoms with Crippen molar-refractivity contribution in [2.75, 3.05) is 6.54 Å². The van der Waals surface area contributed by atoms with E-state index in [1.54, 1.807) is 10.9 Å². The Morgan fingerprint density at radius 2 is 2.20 bits per heavy atom. The lowest BCUT2D eigenvalue weighted by Gasteiger charge is -2.26. The minimum atomic E-state index is 0.499. The summed E-state index contributed by atoms with van der Waals surface area (Å²) in [4.78, 5) is 11.5. The highest BCUT2D eigenvalue weighted by Gasteiger charge is 2.27. The van der Waals surface area contributed by atoms with Crippen LogP contribution in [0.25, 0.3) is 11.0 Å². The summed E-state index contributed by atoms with van der Waals surface area (Å²) in [5.41, 5.74) is 0.806. The zero-order chi connectivity index (χ0) is 14.3. The van der Waals surface area contributed by atoms with Crippen LogP contribution in [0.2, 0.25) is 5.15 Å². The second-order valence-electron chi connectivity index (χ2n) is 5.86. The maximum absolute atomic E-state index is 6.24.